The largest absolute Gasteiger partial charge is 0.379 e. The number of carbonyl (C=O) groups excluding carboxylic acids is 1. The van der Waals surface area contributed by atoms with E-state index in [2.05, 4.69) is 25.3 Å². The highest BCUT2D eigenvalue weighted by Gasteiger charge is 2.31. The molecule has 4 heterocycles. The van der Waals surface area contributed by atoms with Crippen molar-refractivity contribution in [2.75, 3.05) is 39.4 Å². The SMILES string of the molecule is CC(C)(C(=O)NCCN1CCOCC1)c1cc(-c2cncc(-c3cc(-c4ccccc4)no3)n2)ccn1. The maximum Gasteiger partial charge on any atom is 0.231 e. The Bertz CT molecular complexity index is 1350. The van der Waals surface area contributed by atoms with Crippen molar-refractivity contribution in [3.8, 4) is 34.0 Å². The molecular weight excluding hydrogens is 468 g/mol. The fourth-order valence-corrected chi connectivity index (χ4v) is 4.19. The molecule has 9 heteroatoms. The minimum Gasteiger partial charge on any atom is -0.379 e. The summed E-state index contributed by atoms with van der Waals surface area (Å²) >= 11 is 0. The van der Waals surface area contributed by atoms with Crippen molar-refractivity contribution in [2.45, 2.75) is 19.3 Å². The van der Waals surface area contributed by atoms with Crippen LogP contribution < -0.4 is 5.32 Å². The zero-order chi connectivity index (χ0) is 25.7. The molecule has 0 atom stereocenters. The Balaban J connectivity index is 1.30. The highest BCUT2D eigenvalue weighted by atomic mass is 16.5. The van der Waals surface area contributed by atoms with Crippen molar-refractivity contribution in [3.05, 3.63) is 72.8 Å². The number of morpholine rings is 1. The quantitative estimate of drug-likeness (QED) is 0.393. The monoisotopic (exact) mass is 498 g/mol. The molecule has 0 aliphatic carbocycles. The molecule has 1 amide bonds. The van der Waals surface area contributed by atoms with Crippen LogP contribution in [-0.2, 0) is 14.9 Å². The molecule has 190 valence electrons. The van der Waals surface area contributed by atoms with Gasteiger partial charge in [-0.1, -0.05) is 35.5 Å². The van der Waals surface area contributed by atoms with E-state index in [-0.39, 0.29) is 5.91 Å². The summed E-state index contributed by atoms with van der Waals surface area (Å²) in [7, 11) is 0. The Morgan fingerprint density at radius 3 is 2.59 bits per heavy atom. The normalized spacial score (nSPS) is 14.4. The second-order valence-corrected chi connectivity index (χ2v) is 9.50. The lowest BCUT2D eigenvalue weighted by Crippen LogP contribution is -2.45. The number of carbonyl (C=O) groups is 1. The van der Waals surface area contributed by atoms with Crippen LogP contribution >= 0.6 is 0 Å². The maximum atomic E-state index is 13.1. The Morgan fingerprint density at radius 1 is 1.00 bits per heavy atom. The van der Waals surface area contributed by atoms with Gasteiger partial charge in [0, 0.05) is 49.6 Å². The van der Waals surface area contributed by atoms with Gasteiger partial charge in [-0.3, -0.25) is 19.7 Å². The lowest BCUT2D eigenvalue weighted by molar-refractivity contribution is -0.125. The molecule has 1 fully saturated rings. The molecule has 1 aliphatic rings. The van der Waals surface area contributed by atoms with Gasteiger partial charge in [-0.05, 0) is 26.0 Å². The van der Waals surface area contributed by atoms with Gasteiger partial charge < -0.3 is 14.6 Å². The Hall–Kier alpha value is -3.95. The highest BCUT2D eigenvalue weighted by molar-refractivity contribution is 5.87. The zero-order valence-electron chi connectivity index (χ0n) is 21.1. The van der Waals surface area contributed by atoms with Crippen LogP contribution in [0.3, 0.4) is 0 Å². The van der Waals surface area contributed by atoms with Crippen molar-refractivity contribution in [1.29, 1.82) is 0 Å². The third-order valence-corrected chi connectivity index (χ3v) is 6.55. The summed E-state index contributed by atoms with van der Waals surface area (Å²) in [5.41, 5.74) is 3.58. The molecular formula is C28H30N6O3. The third kappa shape index (κ3) is 5.73. The topological polar surface area (TPSA) is 106 Å². The van der Waals surface area contributed by atoms with E-state index in [1.807, 2.05) is 62.4 Å². The van der Waals surface area contributed by atoms with Crippen LogP contribution in [0.2, 0.25) is 0 Å². The van der Waals surface area contributed by atoms with Gasteiger partial charge in [-0.25, -0.2) is 4.98 Å². The average Bonchev–Trinajstić information content (AvgIpc) is 3.45. The van der Waals surface area contributed by atoms with E-state index in [4.69, 9.17) is 14.2 Å². The van der Waals surface area contributed by atoms with Crippen LogP contribution in [0.15, 0.2) is 71.6 Å². The number of hydrogen-bond acceptors (Lipinski definition) is 8. The van der Waals surface area contributed by atoms with Gasteiger partial charge in [-0.15, -0.1) is 0 Å². The maximum absolute atomic E-state index is 13.1. The van der Waals surface area contributed by atoms with E-state index in [1.54, 1.807) is 18.6 Å². The van der Waals surface area contributed by atoms with Gasteiger partial charge in [0.15, 0.2) is 5.76 Å². The predicted octanol–water partition coefficient (Wildman–Crippen LogP) is 3.59. The van der Waals surface area contributed by atoms with Crippen LogP contribution in [0.25, 0.3) is 34.0 Å². The smallest absolute Gasteiger partial charge is 0.231 e. The van der Waals surface area contributed by atoms with Gasteiger partial charge >= 0.3 is 0 Å². The fourth-order valence-electron chi connectivity index (χ4n) is 4.19. The van der Waals surface area contributed by atoms with Crippen LogP contribution in [0, 0.1) is 0 Å². The van der Waals surface area contributed by atoms with Gasteiger partial charge in [0.1, 0.15) is 11.4 Å². The molecule has 0 radical (unpaired) electrons. The van der Waals surface area contributed by atoms with Crippen LogP contribution in [0.5, 0.6) is 0 Å². The Labute approximate surface area is 215 Å². The van der Waals surface area contributed by atoms with Crippen molar-refractivity contribution in [1.82, 2.24) is 30.3 Å². The molecule has 0 unspecified atom stereocenters. The lowest BCUT2D eigenvalue weighted by Gasteiger charge is -2.28. The first kappa shape index (κ1) is 24.7. The second kappa shape index (κ2) is 11.0. The zero-order valence-corrected chi connectivity index (χ0v) is 21.1. The van der Waals surface area contributed by atoms with Crippen LogP contribution in [0.4, 0.5) is 0 Å². The Kier molecular flexibility index (Phi) is 7.34. The first-order chi connectivity index (χ1) is 18.0. The molecule has 1 N–H and O–H groups in total. The van der Waals surface area contributed by atoms with Crippen molar-refractivity contribution in [3.63, 3.8) is 0 Å². The number of nitrogens with zero attached hydrogens (tertiary/aromatic N) is 5. The molecule has 1 aromatic carbocycles. The van der Waals surface area contributed by atoms with E-state index in [0.717, 1.165) is 49.7 Å². The van der Waals surface area contributed by atoms with E-state index in [0.29, 0.717) is 29.4 Å². The number of nitrogens with one attached hydrogen (secondary N) is 1. The highest BCUT2D eigenvalue weighted by Crippen LogP contribution is 2.28. The van der Waals surface area contributed by atoms with Gasteiger partial charge in [0.25, 0.3) is 0 Å². The average molecular weight is 499 g/mol. The Morgan fingerprint density at radius 2 is 1.78 bits per heavy atom. The number of benzene rings is 1. The van der Waals surface area contributed by atoms with E-state index in [9.17, 15) is 4.79 Å². The molecule has 1 saturated heterocycles. The standard InChI is InChI=1S/C28H30N6O3/c1-28(2,27(35)31-10-11-34-12-14-36-15-13-34)26-16-21(8-9-30-26)23-18-29-19-24(32-23)25-17-22(33-37-25)20-6-4-3-5-7-20/h3-9,16-19H,10-15H2,1-2H3,(H,31,35). The first-order valence-corrected chi connectivity index (χ1v) is 12.4. The summed E-state index contributed by atoms with van der Waals surface area (Å²) in [6.07, 6.45) is 5.03. The molecule has 0 spiro atoms. The van der Waals surface area contributed by atoms with Crippen LogP contribution in [-0.4, -0.2) is 70.3 Å². The molecule has 5 rings (SSSR count). The van der Waals surface area contributed by atoms with Gasteiger partial charge in [-0.2, -0.15) is 0 Å². The van der Waals surface area contributed by atoms with Crippen LogP contribution in [0.1, 0.15) is 19.5 Å². The first-order valence-electron chi connectivity index (χ1n) is 12.4. The summed E-state index contributed by atoms with van der Waals surface area (Å²) in [4.78, 5) is 29.0. The number of ether oxygens (including phenoxy) is 1. The summed E-state index contributed by atoms with van der Waals surface area (Å²) in [6, 6.07) is 15.4. The minimum atomic E-state index is -0.818. The molecule has 9 nitrogen and oxygen atoms in total. The van der Waals surface area contributed by atoms with Gasteiger partial charge in [0.05, 0.1) is 42.4 Å². The summed E-state index contributed by atoms with van der Waals surface area (Å²) in [5, 5.41) is 7.24. The second-order valence-electron chi connectivity index (χ2n) is 9.50. The molecule has 3 aromatic heterocycles. The molecule has 1 aliphatic heterocycles. The van der Waals surface area contributed by atoms with E-state index < -0.39 is 5.41 Å². The molecule has 37 heavy (non-hydrogen) atoms. The molecule has 0 saturated carbocycles. The number of hydrogen-bond donors (Lipinski definition) is 1. The summed E-state index contributed by atoms with van der Waals surface area (Å²) in [5.74, 6) is 0.461. The third-order valence-electron chi connectivity index (χ3n) is 6.55. The van der Waals surface area contributed by atoms with Crippen molar-refractivity contribution in [2.24, 2.45) is 0 Å². The lowest BCUT2D eigenvalue weighted by atomic mass is 9.86. The number of aromatic nitrogens is 4. The van der Waals surface area contributed by atoms with E-state index in [1.165, 1.54) is 0 Å². The summed E-state index contributed by atoms with van der Waals surface area (Å²) < 4.78 is 10.9. The molecule has 4 aromatic rings. The minimum absolute atomic E-state index is 0.0691. The fraction of sp³-hybridized carbons (Fsp3) is 0.321. The molecule has 0 bridgehead atoms. The van der Waals surface area contributed by atoms with Gasteiger partial charge in [0.2, 0.25) is 5.91 Å². The predicted molar refractivity (Wildman–Crippen MR) is 139 cm³/mol. The van der Waals surface area contributed by atoms with E-state index >= 15 is 0 Å². The number of pyridine rings is 1. The number of amides is 1. The van der Waals surface area contributed by atoms with Crippen molar-refractivity contribution < 1.29 is 14.1 Å². The summed E-state index contributed by atoms with van der Waals surface area (Å²) in [6.45, 7) is 8.41. The number of rotatable bonds is 8. The van der Waals surface area contributed by atoms with Crippen molar-refractivity contribution >= 4 is 5.91 Å².